The van der Waals surface area contributed by atoms with Crippen molar-refractivity contribution in [2.45, 2.75) is 30.7 Å². The predicted octanol–water partition coefficient (Wildman–Crippen LogP) is 2.37. The number of carbonyl (C=O) groups is 2. The SMILES string of the molecule is Cc1ccc(NC(=O)COC(=O)c2cccc(S(=O)(=O)NC3CC3)c2)cc1F. The first-order valence-electron chi connectivity index (χ1n) is 8.60. The van der Waals surface area contributed by atoms with Crippen molar-refractivity contribution < 1.29 is 27.1 Å². The minimum absolute atomic E-state index is 0.00727. The largest absolute Gasteiger partial charge is 0.452 e. The molecule has 1 fully saturated rings. The first-order chi connectivity index (χ1) is 13.2. The highest BCUT2D eigenvalue weighted by atomic mass is 32.2. The van der Waals surface area contributed by atoms with Gasteiger partial charge in [0.2, 0.25) is 10.0 Å². The van der Waals surface area contributed by atoms with E-state index in [9.17, 15) is 22.4 Å². The van der Waals surface area contributed by atoms with Crippen molar-refractivity contribution in [3.05, 3.63) is 59.4 Å². The first kappa shape index (κ1) is 20.0. The fourth-order valence-electron chi connectivity index (χ4n) is 2.36. The number of ether oxygens (including phenoxy) is 1. The molecule has 0 spiro atoms. The van der Waals surface area contributed by atoms with E-state index in [0.717, 1.165) is 18.9 Å². The van der Waals surface area contributed by atoms with E-state index in [2.05, 4.69) is 10.0 Å². The molecule has 0 atom stereocenters. The van der Waals surface area contributed by atoms with E-state index in [1.165, 1.54) is 36.4 Å². The third-order valence-electron chi connectivity index (χ3n) is 4.07. The van der Waals surface area contributed by atoms with Crippen LogP contribution in [0.25, 0.3) is 0 Å². The molecule has 9 heteroatoms. The highest BCUT2D eigenvalue weighted by Gasteiger charge is 2.28. The second-order valence-electron chi connectivity index (χ2n) is 6.51. The first-order valence-corrected chi connectivity index (χ1v) is 10.1. The van der Waals surface area contributed by atoms with Crippen LogP contribution in [0.3, 0.4) is 0 Å². The lowest BCUT2D eigenvalue weighted by atomic mass is 10.2. The molecular formula is C19H19FN2O5S. The molecule has 0 unspecified atom stereocenters. The summed E-state index contributed by atoms with van der Waals surface area (Å²) in [6.07, 6.45) is 1.59. The van der Waals surface area contributed by atoms with Gasteiger partial charge in [-0.3, -0.25) is 4.79 Å². The maximum absolute atomic E-state index is 13.5. The Morgan fingerprint density at radius 1 is 1.18 bits per heavy atom. The van der Waals surface area contributed by atoms with Crippen molar-refractivity contribution in [2.75, 3.05) is 11.9 Å². The van der Waals surface area contributed by atoms with Crippen LogP contribution in [-0.2, 0) is 19.6 Å². The molecule has 1 saturated carbocycles. The highest BCUT2D eigenvalue weighted by molar-refractivity contribution is 7.89. The Labute approximate surface area is 161 Å². The Balaban J connectivity index is 1.59. The van der Waals surface area contributed by atoms with Gasteiger partial charge in [0.25, 0.3) is 5.91 Å². The smallest absolute Gasteiger partial charge is 0.338 e. The molecule has 148 valence electrons. The average molecular weight is 406 g/mol. The number of nitrogens with one attached hydrogen (secondary N) is 2. The lowest BCUT2D eigenvalue weighted by Crippen LogP contribution is -2.26. The number of aryl methyl sites for hydroxylation is 1. The Morgan fingerprint density at radius 3 is 2.61 bits per heavy atom. The summed E-state index contributed by atoms with van der Waals surface area (Å²) >= 11 is 0. The molecular weight excluding hydrogens is 387 g/mol. The molecule has 0 heterocycles. The van der Waals surface area contributed by atoms with Crippen LogP contribution in [0.4, 0.5) is 10.1 Å². The van der Waals surface area contributed by atoms with Crippen molar-refractivity contribution in [1.29, 1.82) is 0 Å². The number of hydrogen-bond donors (Lipinski definition) is 2. The lowest BCUT2D eigenvalue weighted by Gasteiger charge is -2.09. The standard InChI is InChI=1S/C19H19FN2O5S/c1-12-5-6-15(10-17(12)20)21-18(23)11-27-19(24)13-3-2-4-16(9-13)28(25,26)22-14-7-8-14/h2-6,9-10,14,22H,7-8,11H2,1H3,(H,21,23). The summed E-state index contributed by atoms with van der Waals surface area (Å²) < 4.78 is 45.4. The molecule has 1 aliphatic carbocycles. The summed E-state index contributed by atoms with van der Waals surface area (Å²) in [6, 6.07) is 9.53. The zero-order valence-electron chi connectivity index (χ0n) is 15.1. The molecule has 2 aromatic carbocycles. The van der Waals surface area contributed by atoms with E-state index in [1.807, 2.05) is 0 Å². The summed E-state index contributed by atoms with van der Waals surface area (Å²) in [5, 5.41) is 2.42. The molecule has 0 saturated heterocycles. The molecule has 2 aromatic rings. The minimum atomic E-state index is -3.71. The van der Waals surface area contributed by atoms with Crippen LogP contribution in [0.2, 0.25) is 0 Å². The van der Waals surface area contributed by atoms with Crippen LogP contribution < -0.4 is 10.0 Å². The number of sulfonamides is 1. The van der Waals surface area contributed by atoms with Crippen LogP contribution in [0, 0.1) is 12.7 Å². The molecule has 1 aliphatic rings. The molecule has 0 radical (unpaired) electrons. The normalized spacial score (nSPS) is 13.8. The van der Waals surface area contributed by atoms with Gasteiger partial charge in [-0.15, -0.1) is 0 Å². The fourth-order valence-corrected chi connectivity index (χ4v) is 3.71. The Hall–Kier alpha value is -2.78. The van der Waals surface area contributed by atoms with Gasteiger partial charge in [-0.05, 0) is 55.7 Å². The summed E-state index contributed by atoms with van der Waals surface area (Å²) in [6.45, 7) is 1.00. The summed E-state index contributed by atoms with van der Waals surface area (Å²) in [5.74, 6) is -1.95. The zero-order chi connectivity index (χ0) is 20.3. The van der Waals surface area contributed by atoms with Gasteiger partial charge < -0.3 is 10.1 Å². The van der Waals surface area contributed by atoms with Crippen LogP contribution in [0.5, 0.6) is 0 Å². The Kier molecular flexibility index (Phi) is 5.76. The van der Waals surface area contributed by atoms with Crippen molar-refractivity contribution in [2.24, 2.45) is 0 Å². The van der Waals surface area contributed by atoms with Gasteiger partial charge in [0.1, 0.15) is 5.82 Å². The van der Waals surface area contributed by atoms with Gasteiger partial charge in [-0.1, -0.05) is 12.1 Å². The molecule has 3 rings (SSSR count). The molecule has 7 nitrogen and oxygen atoms in total. The lowest BCUT2D eigenvalue weighted by molar-refractivity contribution is -0.119. The van der Waals surface area contributed by atoms with Gasteiger partial charge in [0.05, 0.1) is 10.5 Å². The molecule has 28 heavy (non-hydrogen) atoms. The molecule has 0 aromatic heterocycles. The van der Waals surface area contributed by atoms with Crippen LogP contribution in [-0.4, -0.2) is 32.9 Å². The number of halogens is 1. The number of rotatable bonds is 7. The van der Waals surface area contributed by atoms with Gasteiger partial charge in [-0.2, -0.15) is 0 Å². The maximum Gasteiger partial charge on any atom is 0.338 e. The van der Waals surface area contributed by atoms with Crippen molar-refractivity contribution in [3.63, 3.8) is 0 Å². The van der Waals surface area contributed by atoms with E-state index in [4.69, 9.17) is 4.74 Å². The van der Waals surface area contributed by atoms with E-state index in [-0.39, 0.29) is 22.2 Å². The fraction of sp³-hybridized carbons (Fsp3) is 0.263. The van der Waals surface area contributed by atoms with Crippen molar-refractivity contribution >= 4 is 27.6 Å². The zero-order valence-corrected chi connectivity index (χ0v) is 15.9. The monoisotopic (exact) mass is 406 g/mol. The quantitative estimate of drug-likeness (QED) is 0.688. The van der Waals surface area contributed by atoms with E-state index < -0.39 is 34.3 Å². The molecule has 0 aliphatic heterocycles. The third-order valence-corrected chi connectivity index (χ3v) is 5.59. The number of benzene rings is 2. The third kappa shape index (κ3) is 5.14. The second kappa shape index (κ2) is 8.07. The van der Waals surface area contributed by atoms with Gasteiger partial charge in [0.15, 0.2) is 6.61 Å². The van der Waals surface area contributed by atoms with Gasteiger partial charge >= 0.3 is 5.97 Å². The van der Waals surface area contributed by atoms with E-state index in [0.29, 0.717) is 5.56 Å². The van der Waals surface area contributed by atoms with Gasteiger partial charge in [0, 0.05) is 11.7 Å². The number of anilines is 1. The van der Waals surface area contributed by atoms with E-state index >= 15 is 0 Å². The second-order valence-corrected chi connectivity index (χ2v) is 8.23. The number of carbonyl (C=O) groups excluding carboxylic acids is 2. The van der Waals surface area contributed by atoms with Crippen LogP contribution in [0.1, 0.15) is 28.8 Å². The summed E-state index contributed by atoms with van der Waals surface area (Å²) in [4.78, 5) is 24.0. The van der Waals surface area contributed by atoms with Crippen LogP contribution in [0.15, 0.2) is 47.4 Å². The molecule has 2 N–H and O–H groups in total. The maximum atomic E-state index is 13.5. The molecule has 0 bridgehead atoms. The summed E-state index contributed by atoms with van der Waals surface area (Å²) in [5.41, 5.74) is 0.687. The number of esters is 1. The average Bonchev–Trinajstić information content (AvgIpc) is 3.46. The minimum Gasteiger partial charge on any atom is -0.452 e. The number of hydrogen-bond acceptors (Lipinski definition) is 5. The highest BCUT2D eigenvalue weighted by Crippen LogP contribution is 2.22. The van der Waals surface area contributed by atoms with Crippen molar-refractivity contribution in [1.82, 2.24) is 4.72 Å². The predicted molar refractivity (Wildman–Crippen MR) is 99.8 cm³/mol. The Morgan fingerprint density at radius 2 is 1.93 bits per heavy atom. The van der Waals surface area contributed by atoms with E-state index in [1.54, 1.807) is 6.92 Å². The topological polar surface area (TPSA) is 102 Å². The number of amides is 1. The molecule has 1 amide bonds. The van der Waals surface area contributed by atoms with Crippen LogP contribution >= 0.6 is 0 Å². The summed E-state index contributed by atoms with van der Waals surface area (Å²) in [7, 11) is -3.71. The Bertz CT molecular complexity index is 1020. The van der Waals surface area contributed by atoms with Gasteiger partial charge in [-0.25, -0.2) is 22.3 Å². The van der Waals surface area contributed by atoms with Crippen molar-refractivity contribution in [3.8, 4) is 0 Å².